The molecule has 118 valence electrons. The standard InChI is InChI=1S/C15H26N4O2/c1-3-21-14(9-16)11-19-15(20)8-13(10-17-19)18-6-4-12(2)5-7-18/h8,10,12,14H,3-7,9,11,16H2,1-2H3. The van der Waals surface area contributed by atoms with Gasteiger partial charge in [0.15, 0.2) is 0 Å². The van der Waals surface area contributed by atoms with E-state index in [4.69, 9.17) is 10.5 Å². The average Bonchev–Trinajstić information content (AvgIpc) is 2.49. The van der Waals surface area contributed by atoms with Crippen LogP contribution >= 0.6 is 0 Å². The van der Waals surface area contributed by atoms with Crippen LogP contribution in [0.15, 0.2) is 17.1 Å². The largest absolute Gasteiger partial charge is 0.375 e. The van der Waals surface area contributed by atoms with Crippen LogP contribution in [0.3, 0.4) is 0 Å². The summed E-state index contributed by atoms with van der Waals surface area (Å²) in [5.41, 5.74) is 6.47. The lowest BCUT2D eigenvalue weighted by molar-refractivity contribution is 0.0531. The van der Waals surface area contributed by atoms with Crippen molar-refractivity contribution in [3.63, 3.8) is 0 Å². The van der Waals surface area contributed by atoms with E-state index >= 15 is 0 Å². The zero-order valence-corrected chi connectivity index (χ0v) is 13.0. The number of nitrogens with two attached hydrogens (primary N) is 1. The van der Waals surface area contributed by atoms with Gasteiger partial charge in [0.2, 0.25) is 0 Å². The third kappa shape index (κ3) is 4.28. The predicted molar refractivity (Wildman–Crippen MR) is 83.6 cm³/mol. The van der Waals surface area contributed by atoms with Gasteiger partial charge in [-0.05, 0) is 25.7 Å². The highest BCUT2D eigenvalue weighted by Gasteiger charge is 2.17. The van der Waals surface area contributed by atoms with Crippen LogP contribution in [0.4, 0.5) is 5.69 Å². The molecule has 2 heterocycles. The van der Waals surface area contributed by atoms with Gasteiger partial charge in [-0.25, -0.2) is 4.68 Å². The summed E-state index contributed by atoms with van der Waals surface area (Å²) in [6.45, 7) is 7.55. The molecule has 0 spiro atoms. The lowest BCUT2D eigenvalue weighted by Crippen LogP contribution is -2.37. The first-order valence-electron chi connectivity index (χ1n) is 7.77. The Morgan fingerprint density at radius 2 is 2.19 bits per heavy atom. The summed E-state index contributed by atoms with van der Waals surface area (Å²) in [6.07, 6.45) is 3.95. The molecule has 0 saturated carbocycles. The highest BCUT2D eigenvalue weighted by atomic mass is 16.5. The summed E-state index contributed by atoms with van der Waals surface area (Å²) in [6, 6.07) is 1.67. The van der Waals surface area contributed by atoms with Gasteiger partial charge in [0.25, 0.3) is 5.56 Å². The van der Waals surface area contributed by atoms with E-state index in [9.17, 15) is 4.79 Å². The smallest absolute Gasteiger partial charge is 0.268 e. The molecule has 1 aromatic rings. The van der Waals surface area contributed by atoms with Crippen molar-refractivity contribution in [2.45, 2.75) is 39.3 Å². The Hall–Kier alpha value is -1.40. The number of nitrogens with zero attached hydrogens (tertiary/aromatic N) is 3. The van der Waals surface area contributed by atoms with Gasteiger partial charge in [0.1, 0.15) is 0 Å². The Labute approximate surface area is 125 Å². The molecule has 0 radical (unpaired) electrons. The van der Waals surface area contributed by atoms with Gasteiger partial charge < -0.3 is 15.4 Å². The molecule has 0 aliphatic carbocycles. The number of hydrogen-bond donors (Lipinski definition) is 1. The van der Waals surface area contributed by atoms with E-state index in [1.54, 1.807) is 12.3 Å². The molecule has 1 atom stereocenters. The molecule has 1 aliphatic rings. The molecule has 1 unspecified atom stereocenters. The Kier molecular flexibility index (Phi) is 5.76. The van der Waals surface area contributed by atoms with E-state index in [-0.39, 0.29) is 11.7 Å². The summed E-state index contributed by atoms with van der Waals surface area (Å²) >= 11 is 0. The van der Waals surface area contributed by atoms with Gasteiger partial charge >= 0.3 is 0 Å². The van der Waals surface area contributed by atoms with Gasteiger partial charge in [-0.3, -0.25) is 4.79 Å². The summed E-state index contributed by atoms with van der Waals surface area (Å²) in [7, 11) is 0. The van der Waals surface area contributed by atoms with E-state index in [1.807, 2.05) is 6.92 Å². The molecule has 21 heavy (non-hydrogen) atoms. The highest BCUT2D eigenvalue weighted by molar-refractivity contribution is 5.43. The first-order chi connectivity index (χ1) is 10.1. The maximum absolute atomic E-state index is 12.2. The number of ether oxygens (including phenoxy) is 1. The number of hydrogen-bond acceptors (Lipinski definition) is 5. The monoisotopic (exact) mass is 294 g/mol. The summed E-state index contributed by atoms with van der Waals surface area (Å²) in [5, 5.41) is 4.27. The van der Waals surface area contributed by atoms with Crippen LogP contribution < -0.4 is 16.2 Å². The molecule has 6 heteroatoms. The quantitative estimate of drug-likeness (QED) is 0.842. The van der Waals surface area contributed by atoms with Crippen molar-refractivity contribution < 1.29 is 4.74 Å². The molecule has 1 aromatic heterocycles. The zero-order valence-electron chi connectivity index (χ0n) is 13.0. The predicted octanol–water partition coefficient (Wildman–Crippen LogP) is 0.843. The Bertz CT molecular complexity index is 495. The molecule has 6 nitrogen and oxygen atoms in total. The molecule has 0 bridgehead atoms. The maximum atomic E-state index is 12.2. The molecular formula is C15H26N4O2. The lowest BCUT2D eigenvalue weighted by atomic mass is 9.99. The molecule has 0 aromatic carbocycles. The van der Waals surface area contributed by atoms with E-state index in [1.165, 1.54) is 17.5 Å². The molecule has 0 amide bonds. The second-order valence-corrected chi connectivity index (χ2v) is 5.72. The van der Waals surface area contributed by atoms with E-state index < -0.39 is 0 Å². The second kappa shape index (κ2) is 7.56. The third-order valence-corrected chi connectivity index (χ3v) is 4.05. The maximum Gasteiger partial charge on any atom is 0.268 e. The van der Waals surface area contributed by atoms with Crippen LogP contribution in [0.25, 0.3) is 0 Å². The molecule has 2 N–H and O–H groups in total. The molecule has 1 saturated heterocycles. The van der Waals surface area contributed by atoms with E-state index in [0.29, 0.717) is 19.7 Å². The van der Waals surface area contributed by atoms with Gasteiger partial charge in [-0.2, -0.15) is 5.10 Å². The highest BCUT2D eigenvalue weighted by Crippen LogP contribution is 2.20. The minimum absolute atomic E-state index is 0.0933. The van der Waals surface area contributed by atoms with Gasteiger partial charge in [-0.1, -0.05) is 6.92 Å². The Balaban J connectivity index is 2.05. The third-order valence-electron chi connectivity index (χ3n) is 4.05. The van der Waals surface area contributed by atoms with Crippen molar-refractivity contribution in [1.82, 2.24) is 9.78 Å². The first-order valence-corrected chi connectivity index (χ1v) is 7.77. The SMILES string of the molecule is CCOC(CN)Cn1ncc(N2CCC(C)CC2)cc1=O. The van der Waals surface area contributed by atoms with Crippen LogP contribution in [0.2, 0.25) is 0 Å². The number of aromatic nitrogens is 2. The first kappa shape index (κ1) is 16.0. The van der Waals surface area contributed by atoms with E-state index in [0.717, 1.165) is 24.7 Å². The van der Waals surface area contributed by atoms with Crippen molar-refractivity contribution in [2.75, 3.05) is 31.1 Å². The topological polar surface area (TPSA) is 73.4 Å². The molecule has 1 fully saturated rings. The Morgan fingerprint density at radius 3 is 2.76 bits per heavy atom. The van der Waals surface area contributed by atoms with Crippen LogP contribution in [-0.4, -0.2) is 42.1 Å². The van der Waals surface area contributed by atoms with Crippen molar-refractivity contribution in [1.29, 1.82) is 0 Å². The number of piperidine rings is 1. The molecule has 1 aliphatic heterocycles. The molecular weight excluding hydrogens is 268 g/mol. The summed E-state index contributed by atoms with van der Waals surface area (Å²) < 4.78 is 6.91. The number of rotatable bonds is 6. The fraction of sp³-hybridized carbons (Fsp3) is 0.733. The number of anilines is 1. The fourth-order valence-electron chi connectivity index (χ4n) is 2.62. The van der Waals surface area contributed by atoms with Gasteiger partial charge in [0, 0.05) is 32.3 Å². The summed E-state index contributed by atoms with van der Waals surface area (Å²) in [4.78, 5) is 14.4. The average molecular weight is 294 g/mol. The lowest BCUT2D eigenvalue weighted by Gasteiger charge is -2.31. The van der Waals surface area contributed by atoms with Crippen molar-refractivity contribution in [3.05, 3.63) is 22.6 Å². The zero-order chi connectivity index (χ0) is 15.2. The van der Waals surface area contributed by atoms with Gasteiger partial charge in [0.05, 0.1) is 24.5 Å². The van der Waals surface area contributed by atoms with E-state index in [2.05, 4.69) is 16.9 Å². The molecule has 2 rings (SSSR count). The minimum Gasteiger partial charge on any atom is -0.375 e. The van der Waals surface area contributed by atoms with Crippen LogP contribution in [-0.2, 0) is 11.3 Å². The Morgan fingerprint density at radius 1 is 1.48 bits per heavy atom. The van der Waals surface area contributed by atoms with Crippen LogP contribution in [0, 0.1) is 5.92 Å². The van der Waals surface area contributed by atoms with Crippen LogP contribution in [0.1, 0.15) is 26.7 Å². The fourth-order valence-corrected chi connectivity index (χ4v) is 2.62. The van der Waals surface area contributed by atoms with Gasteiger partial charge in [-0.15, -0.1) is 0 Å². The van der Waals surface area contributed by atoms with Crippen molar-refractivity contribution >= 4 is 5.69 Å². The van der Waals surface area contributed by atoms with Crippen LogP contribution in [0.5, 0.6) is 0 Å². The minimum atomic E-state index is -0.165. The second-order valence-electron chi connectivity index (χ2n) is 5.72. The van der Waals surface area contributed by atoms with Crippen molar-refractivity contribution in [2.24, 2.45) is 11.7 Å². The van der Waals surface area contributed by atoms with Crippen molar-refractivity contribution in [3.8, 4) is 0 Å². The normalized spacial score (nSPS) is 18.0. The summed E-state index contributed by atoms with van der Waals surface area (Å²) in [5.74, 6) is 0.770.